The second-order valence-electron chi connectivity index (χ2n) is 3.12. The van der Waals surface area contributed by atoms with Crippen LogP contribution < -0.4 is 5.32 Å². The Morgan fingerprint density at radius 1 is 1.64 bits per heavy atom. The molecule has 3 nitrogen and oxygen atoms in total. The van der Waals surface area contributed by atoms with Gasteiger partial charge in [-0.05, 0) is 17.9 Å². The molecule has 0 radical (unpaired) electrons. The molecule has 2 N–H and O–H groups in total. The molecule has 0 aliphatic carbocycles. The summed E-state index contributed by atoms with van der Waals surface area (Å²) in [6.45, 7) is 1.56. The third kappa shape index (κ3) is 4.19. The lowest BCUT2D eigenvalue weighted by Crippen LogP contribution is -2.37. The molecule has 1 heterocycles. The number of aliphatic hydroxyl groups is 1. The molecule has 14 heavy (non-hydrogen) atoms. The third-order valence-corrected chi connectivity index (χ3v) is 2.91. The Kier molecular flexibility index (Phi) is 5.78. The molecule has 0 saturated heterocycles. The second-order valence-corrected chi connectivity index (χ2v) is 4.15. The Labute approximate surface area is 88.7 Å². The zero-order valence-electron chi connectivity index (χ0n) is 8.40. The molecule has 0 spiro atoms. The summed E-state index contributed by atoms with van der Waals surface area (Å²) in [7, 11) is 1.64. The van der Waals surface area contributed by atoms with Gasteiger partial charge in [0, 0.05) is 18.5 Å². The molecule has 0 bridgehead atoms. The van der Waals surface area contributed by atoms with Crippen LogP contribution in [-0.2, 0) is 11.2 Å². The van der Waals surface area contributed by atoms with Gasteiger partial charge >= 0.3 is 0 Å². The van der Waals surface area contributed by atoms with E-state index in [2.05, 4.69) is 22.8 Å². The molecule has 1 aromatic rings. The largest absolute Gasteiger partial charge is 0.395 e. The SMILES string of the molecule is COCC(CO)NCCc1cccs1. The summed E-state index contributed by atoms with van der Waals surface area (Å²) in [5.74, 6) is 0. The quantitative estimate of drug-likeness (QED) is 0.709. The molecule has 4 heteroatoms. The lowest BCUT2D eigenvalue weighted by molar-refractivity contribution is 0.129. The van der Waals surface area contributed by atoms with Crippen LogP contribution >= 0.6 is 11.3 Å². The van der Waals surface area contributed by atoms with Crippen molar-refractivity contribution >= 4 is 11.3 Å². The van der Waals surface area contributed by atoms with Gasteiger partial charge in [0.15, 0.2) is 0 Å². The molecule has 80 valence electrons. The van der Waals surface area contributed by atoms with Crippen molar-refractivity contribution in [1.82, 2.24) is 5.32 Å². The first-order valence-corrected chi connectivity index (χ1v) is 5.60. The zero-order valence-corrected chi connectivity index (χ0v) is 9.22. The Balaban J connectivity index is 2.13. The second kappa shape index (κ2) is 6.95. The van der Waals surface area contributed by atoms with E-state index in [0.717, 1.165) is 13.0 Å². The smallest absolute Gasteiger partial charge is 0.0638 e. The highest BCUT2D eigenvalue weighted by atomic mass is 32.1. The predicted molar refractivity (Wildman–Crippen MR) is 58.8 cm³/mol. The molecular formula is C10H17NO2S. The van der Waals surface area contributed by atoms with Gasteiger partial charge in [0.2, 0.25) is 0 Å². The molecule has 0 aliphatic rings. The minimum Gasteiger partial charge on any atom is -0.395 e. The fourth-order valence-electron chi connectivity index (χ4n) is 1.23. The molecule has 0 fully saturated rings. The van der Waals surface area contributed by atoms with E-state index in [4.69, 9.17) is 9.84 Å². The molecule has 1 atom stereocenters. The number of hydrogen-bond donors (Lipinski definition) is 2. The van der Waals surface area contributed by atoms with Gasteiger partial charge in [-0.2, -0.15) is 0 Å². The van der Waals surface area contributed by atoms with E-state index in [1.165, 1.54) is 4.88 Å². The average molecular weight is 215 g/mol. The normalized spacial score (nSPS) is 13.0. The van der Waals surface area contributed by atoms with Gasteiger partial charge in [-0.15, -0.1) is 11.3 Å². The van der Waals surface area contributed by atoms with Gasteiger partial charge in [-0.1, -0.05) is 6.07 Å². The van der Waals surface area contributed by atoms with Crippen LogP contribution in [0.2, 0.25) is 0 Å². The van der Waals surface area contributed by atoms with Crippen molar-refractivity contribution < 1.29 is 9.84 Å². The maximum Gasteiger partial charge on any atom is 0.0638 e. The molecule has 1 unspecified atom stereocenters. The van der Waals surface area contributed by atoms with Crippen molar-refractivity contribution in [2.45, 2.75) is 12.5 Å². The first kappa shape index (κ1) is 11.7. The predicted octanol–water partition coefficient (Wildman–Crippen LogP) is 0.887. The highest BCUT2D eigenvalue weighted by molar-refractivity contribution is 7.09. The maximum atomic E-state index is 8.97. The first-order valence-electron chi connectivity index (χ1n) is 4.72. The summed E-state index contributed by atoms with van der Waals surface area (Å²) in [5.41, 5.74) is 0. The van der Waals surface area contributed by atoms with Gasteiger partial charge < -0.3 is 15.2 Å². The lowest BCUT2D eigenvalue weighted by atomic mass is 10.3. The first-order chi connectivity index (χ1) is 6.86. The van der Waals surface area contributed by atoms with E-state index in [1.807, 2.05) is 0 Å². The summed E-state index contributed by atoms with van der Waals surface area (Å²) in [4.78, 5) is 1.37. The number of hydrogen-bond acceptors (Lipinski definition) is 4. The summed E-state index contributed by atoms with van der Waals surface area (Å²) in [6.07, 6.45) is 1.01. The van der Waals surface area contributed by atoms with Crippen molar-refractivity contribution in [2.24, 2.45) is 0 Å². The van der Waals surface area contributed by atoms with Crippen molar-refractivity contribution in [3.8, 4) is 0 Å². The summed E-state index contributed by atoms with van der Waals surface area (Å²) >= 11 is 1.76. The van der Waals surface area contributed by atoms with Crippen LogP contribution in [0.15, 0.2) is 17.5 Å². The monoisotopic (exact) mass is 215 g/mol. The topological polar surface area (TPSA) is 41.5 Å². The fourth-order valence-corrected chi connectivity index (χ4v) is 1.94. The van der Waals surface area contributed by atoms with Crippen LogP contribution in [0.1, 0.15) is 4.88 Å². The van der Waals surface area contributed by atoms with Gasteiger partial charge in [-0.25, -0.2) is 0 Å². The minimum atomic E-state index is 0.0555. The van der Waals surface area contributed by atoms with Gasteiger partial charge in [-0.3, -0.25) is 0 Å². The molecule has 1 rings (SSSR count). The van der Waals surface area contributed by atoms with Crippen molar-refractivity contribution in [2.75, 3.05) is 26.9 Å². The van der Waals surface area contributed by atoms with Gasteiger partial charge in [0.05, 0.1) is 19.3 Å². The Bertz CT molecular complexity index is 226. The van der Waals surface area contributed by atoms with Crippen molar-refractivity contribution in [1.29, 1.82) is 0 Å². The number of rotatable bonds is 7. The highest BCUT2D eigenvalue weighted by Crippen LogP contribution is 2.08. The Morgan fingerprint density at radius 2 is 2.50 bits per heavy atom. The lowest BCUT2D eigenvalue weighted by Gasteiger charge is -2.14. The van der Waals surface area contributed by atoms with Crippen LogP contribution in [0.5, 0.6) is 0 Å². The summed E-state index contributed by atoms with van der Waals surface area (Å²) in [6, 6.07) is 4.23. The summed E-state index contributed by atoms with van der Waals surface area (Å²) in [5, 5.41) is 14.3. The number of thiophene rings is 1. The minimum absolute atomic E-state index is 0.0555. The average Bonchev–Trinajstić information content (AvgIpc) is 2.69. The number of methoxy groups -OCH3 is 1. The van der Waals surface area contributed by atoms with Crippen LogP contribution in [-0.4, -0.2) is 38.0 Å². The number of aliphatic hydroxyl groups excluding tert-OH is 1. The van der Waals surface area contributed by atoms with Crippen LogP contribution in [0.4, 0.5) is 0 Å². The maximum absolute atomic E-state index is 8.97. The zero-order chi connectivity index (χ0) is 10.2. The molecule has 0 aromatic carbocycles. The third-order valence-electron chi connectivity index (χ3n) is 1.97. The van der Waals surface area contributed by atoms with E-state index in [-0.39, 0.29) is 12.6 Å². The van der Waals surface area contributed by atoms with Crippen LogP contribution in [0, 0.1) is 0 Å². The van der Waals surface area contributed by atoms with Crippen molar-refractivity contribution in [3.63, 3.8) is 0 Å². The number of ether oxygens (including phenoxy) is 1. The molecule has 0 amide bonds. The van der Waals surface area contributed by atoms with Gasteiger partial charge in [0.1, 0.15) is 0 Å². The van der Waals surface area contributed by atoms with E-state index in [9.17, 15) is 0 Å². The summed E-state index contributed by atoms with van der Waals surface area (Å²) < 4.78 is 4.96. The van der Waals surface area contributed by atoms with E-state index >= 15 is 0 Å². The fraction of sp³-hybridized carbons (Fsp3) is 0.600. The standard InChI is InChI=1S/C10H17NO2S/c1-13-8-9(7-12)11-5-4-10-3-2-6-14-10/h2-3,6,9,11-12H,4-5,7-8H2,1H3. The van der Waals surface area contributed by atoms with Crippen molar-refractivity contribution in [3.05, 3.63) is 22.4 Å². The highest BCUT2D eigenvalue weighted by Gasteiger charge is 2.04. The van der Waals surface area contributed by atoms with Gasteiger partial charge in [0.25, 0.3) is 0 Å². The Hall–Kier alpha value is -0.420. The molecule has 0 saturated carbocycles. The van der Waals surface area contributed by atoms with E-state index in [1.54, 1.807) is 18.4 Å². The van der Waals surface area contributed by atoms with E-state index < -0.39 is 0 Å². The molecule has 1 aromatic heterocycles. The number of nitrogens with one attached hydrogen (secondary N) is 1. The molecular weight excluding hydrogens is 198 g/mol. The van der Waals surface area contributed by atoms with E-state index in [0.29, 0.717) is 6.61 Å². The van der Waals surface area contributed by atoms with Crippen LogP contribution in [0.25, 0.3) is 0 Å². The molecule has 0 aliphatic heterocycles. The Morgan fingerprint density at radius 3 is 3.07 bits per heavy atom. The van der Waals surface area contributed by atoms with Crippen LogP contribution in [0.3, 0.4) is 0 Å².